The standard InChI is InChI=1S/C20H25N3O5S/c1-23(2)13-15-5-4-14(20(21)25)12-18(15)22-19(24)10-11-29(26,27)17-8-6-16(28-3)7-9-17/h4-9,12H,10-11,13H2,1-3H3,(H2,21,25)(H,22,24). The number of nitrogens with two attached hydrogens (primary N) is 1. The van der Waals surface area contributed by atoms with E-state index in [1.807, 2.05) is 19.0 Å². The molecule has 2 aromatic carbocycles. The average Bonchev–Trinajstić information content (AvgIpc) is 2.67. The van der Waals surface area contributed by atoms with E-state index < -0.39 is 21.7 Å². The molecule has 0 aliphatic heterocycles. The van der Waals surface area contributed by atoms with Crippen molar-refractivity contribution in [1.82, 2.24) is 4.90 Å². The van der Waals surface area contributed by atoms with Crippen LogP contribution in [0.3, 0.4) is 0 Å². The van der Waals surface area contributed by atoms with E-state index in [0.717, 1.165) is 5.56 Å². The lowest BCUT2D eigenvalue weighted by atomic mass is 10.1. The molecular formula is C20H25N3O5S. The van der Waals surface area contributed by atoms with E-state index in [1.54, 1.807) is 24.3 Å². The summed E-state index contributed by atoms with van der Waals surface area (Å²) >= 11 is 0. The van der Waals surface area contributed by atoms with E-state index in [1.165, 1.54) is 25.3 Å². The Hall–Kier alpha value is -2.91. The van der Waals surface area contributed by atoms with Gasteiger partial charge in [-0.05, 0) is 56.1 Å². The number of sulfone groups is 1. The molecule has 2 amide bonds. The summed E-state index contributed by atoms with van der Waals surface area (Å²) in [6.45, 7) is 0.527. The minimum Gasteiger partial charge on any atom is -0.497 e. The fraction of sp³-hybridized carbons (Fsp3) is 0.300. The van der Waals surface area contributed by atoms with Crippen molar-refractivity contribution in [2.45, 2.75) is 17.9 Å². The highest BCUT2D eigenvalue weighted by Gasteiger charge is 2.18. The topological polar surface area (TPSA) is 119 Å². The van der Waals surface area contributed by atoms with Crippen LogP contribution in [0, 0.1) is 0 Å². The molecule has 3 N–H and O–H groups in total. The van der Waals surface area contributed by atoms with Crippen LogP contribution in [0.25, 0.3) is 0 Å². The first kappa shape index (κ1) is 22.4. The van der Waals surface area contributed by atoms with Crippen LogP contribution in [0.2, 0.25) is 0 Å². The van der Waals surface area contributed by atoms with Crippen LogP contribution in [0.1, 0.15) is 22.3 Å². The average molecular weight is 420 g/mol. The summed E-state index contributed by atoms with van der Waals surface area (Å²) in [5.41, 5.74) is 6.79. The number of hydrogen-bond acceptors (Lipinski definition) is 6. The summed E-state index contributed by atoms with van der Waals surface area (Å²) in [5, 5.41) is 2.70. The Morgan fingerprint density at radius 3 is 2.31 bits per heavy atom. The largest absolute Gasteiger partial charge is 0.497 e. The molecule has 0 spiro atoms. The Bertz CT molecular complexity index is 986. The molecule has 0 atom stereocenters. The zero-order valence-corrected chi connectivity index (χ0v) is 17.5. The summed E-state index contributed by atoms with van der Waals surface area (Å²) in [6, 6.07) is 10.8. The molecule has 2 rings (SSSR count). The van der Waals surface area contributed by atoms with Crippen molar-refractivity contribution >= 4 is 27.3 Å². The molecule has 0 unspecified atom stereocenters. The van der Waals surface area contributed by atoms with Crippen LogP contribution in [0.5, 0.6) is 5.75 Å². The monoisotopic (exact) mass is 419 g/mol. The minimum absolute atomic E-state index is 0.120. The number of hydrogen-bond donors (Lipinski definition) is 2. The van der Waals surface area contributed by atoms with Crippen molar-refractivity contribution in [2.75, 3.05) is 32.3 Å². The molecule has 0 aromatic heterocycles. The number of ether oxygens (including phenoxy) is 1. The first-order valence-corrected chi connectivity index (χ1v) is 10.5. The van der Waals surface area contributed by atoms with Gasteiger partial charge in [-0.15, -0.1) is 0 Å². The van der Waals surface area contributed by atoms with E-state index >= 15 is 0 Å². The third kappa shape index (κ3) is 6.30. The number of anilines is 1. The van der Waals surface area contributed by atoms with Gasteiger partial charge >= 0.3 is 0 Å². The molecule has 8 nitrogen and oxygen atoms in total. The highest BCUT2D eigenvalue weighted by Crippen LogP contribution is 2.21. The highest BCUT2D eigenvalue weighted by molar-refractivity contribution is 7.91. The van der Waals surface area contributed by atoms with Gasteiger partial charge in [0.25, 0.3) is 0 Å². The third-order valence-corrected chi connectivity index (χ3v) is 5.90. The molecular weight excluding hydrogens is 394 g/mol. The molecule has 0 saturated carbocycles. The minimum atomic E-state index is -3.62. The number of nitrogens with one attached hydrogen (secondary N) is 1. The smallest absolute Gasteiger partial charge is 0.248 e. The van der Waals surface area contributed by atoms with Gasteiger partial charge in [0.05, 0.1) is 17.8 Å². The molecule has 0 radical (unpaired) electrons. The molecule has 0 saturated heterocycles. The summed E-state index contributed by atoms with van der Waals surface area (Å²) in [6.07, 6.45) is -0.226. The van der Waals surface area contributed by atoms with E-state index in [-0.39, 0.29) is 22.6 Å². The Morgan fingerprint density at radius 2 is 1.76 bits per heavy atom. The third-order valence-electron chi connectivity index (χ3n) is 4.17. The fourth-order valence-corrected chi connectivity index (χ4v) is 3.91. The summed E-state index contributed by atoms with van der Waals surface area (Å²) < 4.78 is 29.9. The highest BCUT2D eigenvalue weighted by atomic mass is 32.2. The van der Waals surface area contributed by atoms with Crippen molar-refractivity contribution < 1.29 is 22.7 Å². The van der Waals surface area contributed by atoms with Crippen molar-refractivity contribution in [3.8, 4) is 5.75 Å². The number of amides is 2. The van der Waals surface area contributed by atoms with Gasteiger partial charge in [-0.1, -0.05) is 6.07 Å². The van der Waals surface area contributed by atoms with E-state index in [4.69, 9.17) is 10.5 Å². The molecule has 0 fully saturated rings. The Labute approximate surface area is 170 Å². The number of rotatable bonds is 9. The number of methoxy groups -OCH3 is 1. The van der Waals surface area contributed by atoms with Crippen molar-refractivity contribution in [1.29, 1.82) is 0 Å². The Kier molecular flexibility index (Phi) is 7.35. The fourth-order valence-electron chi connectivity index (χ4n) is 2.67. The Morgan fingerprint density at radius 1 is 1.10 bits per heavy atom. The lowest BCUT2D eigenvalue weighted by Gasteiger charge is -2.16. The number of primary amides is 1. The second kappa shape index (κ2) is 9.53. The van der Waals surface area contributed by atoms with Gasteiger partial charge < -0.3 is 20.7 Å². The van der Waals surface area contributed by atoms with Gasteiger partial charge in [0, 0.05) is 24.2 Å². The molecule has 2 aromatic rings. The first-order valence-electron chi connectivity index (χ1n) is 8.86. The van der Waals surface area contributed by atoms with Crippen LogP contribution >= 0.6 is 0 Å². The molecule has 0 aliphatic carbocycles. The number of benzene rings is 2. The second-order valence-corrected chi connectivity index (χ2v) is 8.88. The normalized spacial score (nSPS) is 11.3. The molecule has 9 heteroatoms. The van der Waals surface area contributed by atoms with Crippen LogP contribution in [-0.2, 0) is 21.2 Å². The molecule has 29 heavy (non-hydrogen) atoms. The molecule has 0 heterocycles. The van der Waals surface area contributed by atoms with Crippen molar-refractivity contribution in [2.24, 2.45) is 5.73 Å². The maximum Gasteiger partial charge on any atom is 0.248 e. The predicted octanol–water partition coefficient (Wildman–Crippen LogP) is 1.66. The lowest BCUT2D eigenvalue weighted by Crippen LogP contribution is -2.20. The number of carbonyl (C=O) groups excluding carboxylic acids is 2. The van der Waals surface area contributed by atoms with Crippen LogP contribution in [-0.4, -0.2) is 52.1 Å². The molecule has 0 bridgehead atoms. The van der Waals surface area contributed by atoms with Gasteiger partial charge in [0.1, 0.15) is 5.75 Å². The van der Waals surface area contributed by atoms with Gasteiger partial charge in [-0.25, -0.2) is 8.42 Å². The maximum atomic E-state index is 12.5. The van der Waals surface area contributed by atoms with Crippen LogP contribution < -0.4 is 15.8 Å². The summed E-state index contributed by atoms with van der Waals surface area (Å²) in [5.74, 6) is -0.879. The van der Waals surface area contributed by atoms with E-state index in [9.17, 15) is 18.0 Å². The SMILES string of the molecule is COc1ccc(S(=O)(=O)CCC(=O)Nc2cc(C(N)=O)ccc2CN(C)C)cc1. The summed E-state index contributed by atoms with van der Waals surface area (Å²) in [7, 11) is 1.61. The molecule has 156 valence electrons. The lowest BCUT2D eigenvalue weighted by molar-refractivity contribution is -0.115. The van der Waals surface area contributed by atoms with E-state index in [2.05, 4.69) is 5.32 Å². The maximum absolute atomic E-state index is 12.5. The zero-order chi connectivity index (χ0) is 21.6. The predicted molar refractivity (Wildman–Crippen MR) is 111 cm³/mol. The van der Waals surface area contributed by atoms with Crippen LogP contribution in [0.15, 0.2) is 47.4 Å². The van der Waals surface area contributed by atoms with Gasteiger partial charge in [-0.3, -0.25) is 9.59 Å². The molecule has 0 aliphatic rings. The van der Waals surface area contributed by atoms with E-state index in [0.29, 0.717) is 18.0 Å². The number of nitrogens with zero attached hydrogens (tertiary/aromatic N) is 1. The first-order chi connectivity index (χ1) is 13.6. The zero-order valence-electron chi connectivity index (χ0n) is 16.6. The summed E-state index contributed by atoms with van der Waals surface area (Å²) in [4.78, 5) is 25.9. The van der Waals surface area contributed by atoms with Crippen LogP contribution in [0.4, 0.5) is 5.69 Å². The quantitative estimate of drug-likeness (QED) is 0.638. The van der Waals surface area contributed by atoms with Crippen molar-refractivity contribution in [3.05, 3.63) is 53.6 Å². The van der Waals surface area contributed by atoms with Gasteiger partial charge in [0.15, 0.2) is 9.84 Å². The van der Waals surface area contributed by atoms with Gasteiger partial charge in [0.2, 0.25) is 11.8 Å². The number of carbonyl (C=O) groups is 2. The van der Waals surface area contributed by atoms with Crippen molar-refractivity contribution in [3.63, 3.8) is 0 Å². The van der Waals surface area contributed by atoms with Gasteiger partial charge in [-0.2, -0.15) is 0 Å². The second-order valence-electron chi connectivity index (χ2n) is 6.77. The Balaban J connectivity index is 2.11.